The number of anilines is 1. The second-order valence-electron chi connectivity index (χ2n) is 5.03. The van der Waals surface area contributed by atoms with Gasteiger partial charge in [0.2, 0.25) is 0 Å². The molecule has 0 bridgehead atoms. The van der Waals surface area contributed by atoms with E-state index in [2.05, 4.69) is 55.2 Å². The molecule has 1 N–H and O–H groups in total. The molecule has 112 valence electrons. The topological polar surface area (TPSA) is 41.1 Å². The van der Waals surface area contributed by atoms with Crippen LogP contribution < -0.4 is 10.2 Å². The number of nitrogens with one attached hydrogen (secondary N) is 1. The molecule has 5 heteroatoms. The van der Waals surface area contributed by atoms with Crippen LogP contribution in [-0.2, 0) is 13.1 Å². The molecule has 1 aromatic heterocycles. The number of halogens is 1. The fourth-order valence-corrected chi connectivity index (χ4v) is 2.49. The van der Waals surface area contributed by atoms with E-state index >= 15 is 0 Å². The first-order valence-electron chi connectivity index (χ1n) is 7.16. The monoisotopic (exact) mass is 348 g/mol. The van der Waals surface area contributed by atoms with Crippen LogP contribution in [0.1, 0.15) is 24.6 Å². The largest absolute Gasteiger partial charge is 0.354 e. The van der Waals surface area contributed by atoms with Crippen LogP contribution in [-0.4, -0.2) is 23.6 Å². The smallest absolute Gasteiger partial charge is 0.147 e. The molecule has 2 aromatic rings. The minimum Gasteiger partial charge on any atom is -0.354 e. The molecule has 0 amide bonds. The van der Waals surface area contributed by atoms with Crippen LogP contribution in [0.4, 0.5) is 5.82 Å². The van der Waals surface area contributed by atoms with Crippen molar-refractivity contribution in [1.29, 1.82) is 0 Å². The van der Waals surface area contributed by atoms with Crippen molar-refractivity contribution in [1.82, 2.24) is 15.3 Å². The first-order valence-corrected chi connectivity index (χ1v) is 7.95. The minimum absolute atomic E-state index is 0.763. The zero-order valence-corrected chi connectivity index (χ0v) is 14.1. The van der Waals surface area contributed by atoms with Gasteiger partial charge in [0.15, 0.2) is 0 Å². The second kappa shape index (κ2) is 8.10. The minimum atomic E-state index is 0.763. The lowest BCUT2D eigenvalue weighted by atomic mass is 10.2. The molecule has 1 heterocycles. The van der Waals surface area contributed by atoms with E-state index in [9.17, 15) is 0 Å². The third-order valence-electron chi connectivity index (χ3n) is 3.10. The number of aromatic nitrogens is 2. The molecular formula is C16H21BrN4. The maximum Gasteiger partial charge on any atom is 0.147 e. The third kappa shape index (κ3) is 5.10. The maximum atomic E-state index is 4.65. The van der Waals surface area contributed by atoms with Gasteiger partial charge in [-0.25, -0.2) is 4.98 Å². The lowest BCUT2D eigenvalue weighted by molar-refractivity contribution is 0.661. The molecule has 0 aliphatic carbocycles. The van der Waals surface area contributed by atoms with Gasteiger partial charge in [-0.05, 0) is 30.7 Å². The predicted molar refractivity (Wildman–Crippen MR) is 90.3 cm³/mol. The first kappa shape index (κ1) is 15.9. The van der Waals surface area contributed by atoms with Gasteiger partial charge in [0.05, 0.1) is 11.9 Å². The van der Waals surface area contributed by atoms with Gasteiger partial charge >= 0.3 is 0 Å². The van der Waals surface area contributed by atoms with Crippen LogP contribution in [0.25, 0.3) is 0 Å². The number of hydrogen-bond acceptors (Lipinski definition) is 4. The van der Waals surface area contributed by atoms with E-state index in [0.29, 0.717) is 0 Å². The maximum absolute atomic E-state index is 4.65. The average molecular weight is 349 g/mol. The zero-order valence-electron chi connectivity index (χ0n) is 12.5. The summed E-state index contributed by atoms with van der Waals surface area (Å²) in [7, 11) is 2.04. The molecule has 0 fully saturated rings. The van der Waals surface area contributed by atoms with E-state index in [-0.39, 0.29) is 0 Å². The predicted octanol–water partition coefficient (Wildman–Crippen LogP) is 3.38. The van der Waals surface area contributed by atoms with Crippen LogP contribution in [0.5, 0.6) is 0 Å². The third-order valence-corrected chi connectivity index (χ3v) is 3.60. The van der Waals surface area contributed by atoms with Gasteiger partial charge in [0.25, 0.3) is 0 Å². The average Bonchev–Trinajstić information content (AvgIpc) is 2.48. The van der Waals surface area contributed by atoms with Gasteiger partial charge in [0, 0.05) is 30.8 Å². The number of rotatable bonds is 7. The first-order chi connectivity index (χ1) is 10.2. The van der Waals surface area contributed by atoms with Crippen molar-refractivity contribution in [2.24, 2.45) is 0 Å². The van der Waals surface area contributed by atoms with E-state index < -0.39 is 0 Å². The van der Waals surface area contributed by atoms with Crippen molar-refractivity contribution in [2.75, 3.05) is 18.5 Å². The van der Waals surface area contributed by atoms with Crippen LogP contribution in [0.2, 0.25) is 0 Å². The molecule has 0 unspecified atom stereocenters. The molecule has 0 radical (unpaired) electrons. The highest BCUT2D eigenvalue weighted by Gasteiger charge is 2.06. The Kier molecular flexibility index (Phi) is 6.14. The molecule has 0 spiro atoms. The van der Waals surface area contributed by atoms with Gasteiger partial charge in [-0.1, -0.05) is 35.0 Å². The summed E-state index contributed by atoms with van der Waals surface area (Å²) in [5, 5.41) is 3.35. The molecule has 21 heavy (non-hydrogen) atoms. The molecule has 0 aliphatic rings. The van der Waals surface area contributed by atoms with Crippen molar-refractivity contribution < 1.29 is 0 Å². The summed E-state index contributed by atoms with van der Waals surface area (Å²) in [5.74, 6) is 0.894. The van der Waals surface area contributed by atoms with E-state index in [1.54, 1.807) is 6.20 Å². The number of hydrogen-bond donors (Lipinski definition) is 1. The fraction of sp³-hybridized carbons (Fsp3) is 0.375. The van der Waals surface area contributed by atoms with Gasteiger partial charge in [-0.2, -0.15) is 0 Å². The van der Waals surface area contributed by atoms with Gasteiger partial charge < -0.3 is 10.2 Å². The number of nitrogens with zero attached hydrogens (tertiary/aromatic N) is 3. The summed E-state index contributed by atoms with van der Waals surface area (Å²) in [6, 6.07) is 8.31. The highest BCUT2D eigenvalue weighted by Crippen LogP contribution is 2.16. The Balaban J connectivity index is 2.01. The highest BCUT2D eigenvalue weighted by molar-refractivity contribution is 9.10. The molecule has 0 saturated carbocycles. The molecular weight excluding hydrogens is 328 g/mol. The molecule has 4 nitrogen and oxygen atoms in total. The Labute approximate surface area is 134 Å². The van der Waals surface area contributed by atoms with Crippen LogP contribution in [0, 0.1) is 0 Å². The Morgan fingerprint density at radius 2 is 2.14 bits per heavy atom. The molecule has 0 saturated heterocycles. The van der Waals surface area contributed by atoms with E-state index in [1.807, 2.05) is 25.4 Å². The van der Waals surface area contributed by atoms with Gasteiger partial charge in [-0.3, -0.25) is 4.98 Å². The summed E-state index contributed by atoms with van der Waals surface area (Å²) in [4.78, 5) is 11.1. The lowest BCUT2D eigenvalue weighted by Gasteiger charge is -2.18. The Morgan fingerprint density at radius 1 is 1.29 bits per heavy atom. The zero-order chi connectivity index (χ0) is 15.1. The van der Waals surface area contributed by atoms with Crippen molar-refractivity contribution in [3.8, 4) is 0 Å². The summed E-state index contributed by atoms with van der Waals surface area (Å²) in [6.07, 6.45) is 4.75. The second-order valence-corrected chi connectivity index (χ2v) is 5.95. The summed E-state index contributed by atoms with van der Waals surface area (Å²) in [5.41, 5.74) is 2.21. The standard InChI is InChI=1S/C16H21BrN4/c1-3-7-18-9-15-10-19-11-16(20-15)21(2)12-13-5-4-6-14(17)8-13/h4-6,8,10-11,18H,3,7,9,12H2,1-2H3. The molecule has 0 atom stereocenters. The number of benzene rings is 1. The van der Waals surface area contributed by atoms with Crippen molar-refractivity contribution in [2.45, 2.75) is 26.4 Å². The van der Waals surface area contributed by atoms with Crippen molar-refractivity contribution in [3.63, 3.8) is 0 Å². The Morgan fingerprint density at radius 3 is 2.90 bits per heavy atom. The van der Waals surface area contributed by atoms with Crippen LogP contribution >= 0.6 is 15.9 Å². The fourth-order valence-electron chi connectivity index (χ4n) is 2.05. The SMILES string of the molecule is CCCNCc1cncc(N(C)Cc2cccc(Br)c2)n1. The van der Waals surface area contributed by atoms with Crippen LogP contribution in [0.3, 0.4) is 0 Å². The summed E-state index contributed by atoms with van der Waals surface area (Å²) < 4.78 is 1.09. The van der Waals surface area contributed by atoms with E-state index in [0.717, 1.165) is 42.0 Å². The van der Waals surface area contributed by atoms with Crippen molar-refractivity contribution in [3.05, 3.63) is 52.4 Å². The van der Waals surface area contributed by atoms with Crippen LogP contribution in [0.15, 0.2) is 41.1 Å². The van der Waals surface area contributed by atoms with E-state index in [4.69, 9.17) is 0 Å². The normalized spacial score (nSPS) is 10.6. The highest BCUT2D eigenvalue weighted by atomic mass is 79.9. The van der Waals surface area contributed by atoms with Gasteiger partial charge in [0.1, 0.15) is 5.82 Å². The summed E-state index contributed by atoms with van der Waals surface area (Å²) >= 11 is 3.50. The lowest BCUT2D eigenvalue weighted by Crippen LogP contribution is -2.20. The van der Waals surface area contributed by atoms with E-state index in [1.165, 1.54) is 5.56 Å². The van der Waals surface area contributed by atoms with Gasteiger partial charge in [-0.15, -0.1) is 0 Å². The molecule has 0 aliphatic heterocycles. The quantitative estimate of drug-likeness (QED) is 0.778. The Hall–Kier alpha value is -1.46. The summed E-state index contributed by atoms with van der Waals surface area (Å²) in [6.45, 7) is 4.72. The molecule has 2 rings (SSSR count). The Bertz CT molecular complexity index is 574. The molecule has 1 aromatic carbocycles. The van der Waals surface area contributed by atoms with Crippen molar-refractivity contribution >= 4 is 21.7 Å².